The van der Waals surface area contributed by atoms with Crippen molar-refractivity contribution in [3.8, 4) is 5.75 Å². The Morgan fingerprint density at radius 2 is 1.93 bits per heavy atom. The Balaban J connectivity index is 1.48. The minimum absolute atomic E-state index is 0.222. The number of carbonyl (C=O) groups excluding carboxylic acids is 1. The Morgan fingerprint density at radius 3 is 2.59 bits per heavy atom. The zero-order valence-corrected chi connectivity index (χ0v) is 17.0. The van der Waals surface area contributed by atoms with Gasteiger partial charge >= 0.3 is 0 Å². The highest BCUT2D eigenvalue weighted by Crippen LogP contribution is 2.20. The lowest BCUT2D eigenvalue weighted by atomic mass is 9.98. The molecule has 5 nitrogen and oxygen atoms in total. The number of carbonyl (C=O) groups is 1. The standard InChI is InChI=1S/C22H31N3O2/c1-16-7-9-21(10-8-16)27-15-20-6-5-12-24(14-20)22(26)11-13-25-19(4)17(2)18(3)23-25/h7-10,20H,5-6,11-15H2,1-4H3. The van der Waals surface area contributed by atoms with Gasteiger partial charge in [0.2, 0.25) is 5.91 Å². The summed E-state index contributed by atoms with van der Waals surface area (Å²) >= 11 is 0. The van der Waals surface area contributed by atoms with Crippen LogP contribution in [-0.4, -0.2) is 40.3 Å². The molecule has 1 aliphatic heterocycles. The number of aromatic nitrogens is 2. The Morgan fingerprint density at radius 1 is 1.19 bits per heavy atom. The minimum atomic E-state index is 0.222. The number of ether oxygens (including phenoxy) is 1. The Bertz CT molecular complexity index is 780. The number of rotatable bonds is 6. The number of amides is 1. The number of aryl methyl sites for hydroxylation is 3. The summed E-state index contributed by atoms with van der Waals surface area (Å²) in [5.74, 6) is 1.53. The third kappa shape index (κ3) is 4.90. The maximum absolute atomic E-state index is 12.7. The molecule has 1 aromatic carbocycles. The predicted octanol–water partition coefficient (Wildman–Crippen LogP) is 3.82. The first-order valence-electron chi connectivity index (χ1n) is 9.92. The van der Waals surface area contributed by atoms with Gasteiger partial charge in [-0.2, -0.15) is 5.10 Å². The van der Waals surface area contributed by atoms with E-state index in [1.165, 1.54) is 11.1 Å². The fourth-order valence-electron chi connectivity index (χ4n) is 3.64. The number of likely N-dealkylation sites (tertiary alicyclic amines) is 1. The average molecular weight is 370 g/mol. The summed E-state index contributed by atoms with van der Waals surface area (Å²) < 4.78 is 7.90. The van der Waals surface area contributed by atoms with Crippen molar-refractivity contribution in [2.24, 2.45) is 5.92 Å². The first-order valence-corrected chi connectivity index (χ1v) is 9.92. The average Bonchev–Trinajstić information content (AvgIpc) is 2.92. The van der Waals surface area contributed by atoms with E-state index in [2.05, 4.69) is 38.0 Å². The van der Waals surface area contributed by atoms with Crippen molar-refractivity contribution in [3.05, 3.63) is 46.8 Å². The second kappa shape index (κ2) is 8.59. The highest BCUT2D eigenvalue weighted by molar-refractivity contribution is 5.76. The van der Waals surface area contributed by atoms with E-state index in [1.807, 2.05) is 28.6 Å². The third-order valence-electron chi connectivity index (χ3n) is 5.66. The molecule has 2 aromatic rings. The summed E-state index contributed by atoms with van der Waals surface area (Å²) in [7, 11) is 0. The molecule has 2 heterocycles. The lowest BCUT2D eigenvalue weighted by Gasteiger charge is -2.32. The molecular weight excluding hydrogens is 338 g/mol. The molecule has 1 fully saturated rings. The number of hydrogen-bond acceptors (Lipinski definition) is 3. The largest absolute Gasteiger partial charge is 0.493 e. The lowest BCUT2D eigenvalue weighted by Crippen LogP contribution is -2.41. The fraction of sp³-hybridized carbons (Fsp3) is 0.545. The number of hydrogen-bond donors (Lipinski definition) is 0. The van der Waals surface area contributed by atoms with Crippen LogP contribution >= 0.6 is 0 Å². The van der Waals surface area contributed by atoms with Crippen LogP contribution in [0.25, 0.3) is 0 Å². The van der Waals surface area contributed by atoms with E-state index in [0.29, 0.717) is 25.5 Å². The monoisotopic (exact) mass is 369 g/mol. The van der Waals surface area contributed by atoms with Crippen molar-refractivity contribution >= 4 is 5.91 Å². The van der Waals surface area contributed by atoms with Crippen molar-refractivity contribution in [1.29, 1.82) is 0 Å². The van der Waals surface area contributed by atoms with Crippen molar-refractivity contribution in [3.63, 3.8) is 0 Å². The van der Waals surface area contributed by atoms with Crippen LogP contribution in [0.2, 0.25) is 0 Å². The van der Waals surface area contributed by atoms with Crippen LogP contribution in [0.4, 0.5) is 0 Å². The molecular formula is C22H31N3O2. The zero-order valence-electron chi connectivity index (χ0n) is 17.0. The third-order valence-corrected chi connectivity index (χ3v) is 5.66. The van der Waals surface area contributed by atoms with Crippen LogP contribution in [0.1, 0.15) is 41.8 Å². The summed E-state index contributed by atoms with van der Waals surface area (Å²) in [6.45, 7) is 11.2. The molecule has 0 bridgehead atoms. The summed E-state index contributed by atoms with van der Waals surface area (Å²) in [4.78, 5) is 14.7. The van der Waals surface area contributed by atoms with Gasteiger partial charge in [-0.1, -0.05) is 17.7 Å². The molecule has 0 aliphatic carbocycles. The number of nitrogens with zero attached hydrogens (tertiary/aromatic N) is 3. The molecule has 1 saturated heterocycles. The molecule has 1 unspecified atom stereocenters. The molecule has 0 N–H and O–H groups in total. The van der Waals surface area contributed by atoms with Gasteiger partial charge in [-0.05, 0) is 58.2 Å². The predicted molar refractivity (Wildman–Crippen MR) is 107 cm³/mol. The van der Waals surface area contributed by atoms with E-state index >= 15 is 0 Å². The van der Waals surface area contributed by atoms with Gasteiger partial charge in [0, 0.05) is 37.7 Å². The minimum Gasteiger partial charge on any atom is -0.493 e. The lowest BCUT2D eigenvalue weighted by molar-refractivity contribution is -0.133. The van der Waals surface area contributed by atoms with Crippen molar-refractivity contribution < 1.29 is 9.53 Å². The quantitative estimate of drug-likeness (QED) is 0.778. The summed E-state index contributed by atoms with van der Waals surface area (Å²) in [6.07, 6.45) is 2.67. The van der Waals surface area contributed by atoms with Gasteiger partial charge < -0.3 is 9.64 Å². The van der Waals surface area contributed by atoms with Gasteiger partial charge in [-0.25, -0.2) is 0 Å². The van der Waals surface area contributed by atoms with Crippen molar-refractivity contribution in [2.45, 2.75) is 53.5 Å². The van der Waals surface area contributed by atoms with Gasteiger partial charge in [-0.3, -0.25) is 9.48 Å². The Kier molecular flexibility index (Phi) is 6.19. The smallest absolute Gasteiger partial charge is 0.224 e. The summed E-state index contributed by atoms with van der Waals surface area (Å²) in [5.41, 5.74) is 4.65. The molecule has 27 heavy (non-hydrogen) atoms. The molecule has 0 spiro atoms. The second-order valence-electron chi connectivity index (χ2n) is 7.74. The van der Waals surface area contributed by atoms with Crippen LogP contribution in [-0.2, 0) is 11.3 Å². The normalized spacial score (nSPS) is 17.2. The molecule has 5 heteroatoms. The van der Waals surface area contributed by atoms with Crippen molar-refractivity contribution in [2.75, 3.05) is 19.7 Å². The molecule has 3 rings (SSSR count). The zero-order chi connectivity index (χ0) is 19.4. The highest BCUT2D eigenvalue weighted by atomic mass is 16.5. The van der Waals surface area contributed by atoms with E-state index in [-0.39, 0.29) is 5.91 Å². The summed E-state index contributed by atoms with van der Waals surface area (Å²) in [5, 5.41) is 4.54. The first kappa shape index (κ1) is 19.5. The molecule has 1 atom stereocenters. The van der Waals surface area contributed by atoms with Gasteiger partial charge in [0.1, 0.15) is 5.75 Å². The van der Waals surface area contributed by atoms with Crippen LogP contribution in [0.3, 0.4) is 0 Å². The molecule has 0 saturated carbocycles. The Hall–Kier alpha value is -2.30. The van der Waals surface area contributed by atoms with Crippen LogP contribution in [0.5, 0.6) is 5.75 Å². The topological polar surface area (TPSA) is 47.4 Å². The van der Waals surface area contributed by atoms with E-state index < -0.39 is 0 Å². The van der Waals surface area contributed by atoms with Gasteiger partial charge in [-0.15, -0.1) is 0 Å². The van der Waals surface area contributed by atoms with Crippen LogP contribution in [0.15, 0.2) is 24.3 Å². The molecule has 1 amide bonds. The molecule has 1 aromatic heterocycles. The molecule has 1 aliphatic rings. The Labute approximate surface area is 162 Å². The van der Waals surface area contributed by atoms with Gasteiger partial charge in [0.25, 0.3) is 0 Å². The summed E-state index contributed by atoms with van der Waals surface area (Å²) in [6, 6.07) is 8.15. The van der Waals surface area contributed by atoms with Gasteiger partial charge in [0.05, 0.1) is 12.3 Å². The first-order chi connectivity index (χ1) is 12.9. The van der Waals surface area contributed by atoms with Crippen LogP contribution in [0, 0.1) is 33.6 Å². The van der Waals surface area contributed by atoms with E-state index in [0.717, 1.165) is 43.1 Å². The van der Waals surface area contributed by atoms with Crippen molar-refractivity contribution in [1.82, 2.24) is 14.7 Å². The van der Waals surface area contributed by atoms with E-state index in [4.69, 9.17) is 4.74 Å². The SMILES string of the molecule is Cc1ccc(OCC2CCCN(C(=O)CCn3nc(C)c(C)c3C)C2)cc1. The van der Waals surface area contributed by atoms with Gasteiger partial charge in [0.15, 0.2) is 0 Å². The molecule has 0 radical (unpaired) electrons. The molecule has 146 valence electrons. The fourth-order valence-corrected chi connectivity index (χ4v) is 3.64. The number of piperidine rings is 1. The maximum Gasteiger partial charge on any atom is 0.224 e. The van der Waals surface area contributed by atoms with E-state index in [1.54, 1.807) is 0 Å². The maximum atomic E-state index is 12.7. The van der Waals surface area contributed by atoms with Crippen LogP contribution < -0.4 is 4.74 Å². The van der Waals surface area contributed by atoms with E-state index in [9.17, 15) is 4.79 Å². The highest BCUT2D eigenvalue weighted by Gasteiger charge is 2.24. The second-order valence-corrected chi connectivity index (χ2v) is 7.74. The number of benzene rings is 1.